The summed E-state index contributed by atoms with van der Waals surface area (Å²) >= 11 is 0. The van der Waals surface area contributed by atoms with Crippen molar-refractivity contribution in [3.8, 4) is 28.6 Å². The highest BCUT2D eigenvalue weighted by atomic mass is 16.5. The summed E-state index contributed by atoms with van der Waals surface area (Å²) in [5.74, 6) is 2.17. The molecule has 0 atom stereocenters. The highest BCUT2D eigenvalue weighted by Crippen LogP contribution is 2.25. The van der Waals surface area contributed by atoms with Crippen molar-refractivity contribution in [3.63, 3.8) is 0 Å². The van der Waals surface area contributed by atoms with Gasteiger partial charge in [-0.1, -0.05) is 32.0 Å². The molecule has 0 fully saturated rings. The molecule has 6 heteroatoms. The molecule has 2 aromatic carbocycles. The minimum absolute atomic E-state index is 0.0848. The van der Waals surface area contributed by atoms with E-state index in [-0.39, 0.29) is 5.91 Å². The fourth-order valence-electron chi connectivity index (χ4n) is 2.71. The minimum Gasteiger partial charge on any atom is -0.497 e. The Morgan fingerprint density at radius 1 is 1.00 bits per heavy atom. The lowest BCUT2D eigenvalue weighted by Gasteiger charge is -2.09. The number of rotatable bonds is 8. The molecule has 0 saturated carbocycles. The van der Waals surface area contributed by atoms with E-state index in [0.717, 1.165) is 12.0 Å². The van der Waals surface area contributed by atoms with Crippen LogP contribution in [0.1, 0.15) is 30.6 Å². The second-order valence-electron chi connectivity index (χ2n) is 7.06. The Kier molecular flexibility index (Phi) is 6.79. The van der Waals surface area contributed by atoms with Crippen LogP contribution in [0, 0.1) is 5.92 Å². The molecule has 3 aromatic rings. The van der Waals surface area contributed by atoms with E-state index in [9.17, 15) is 4.79 Å². The normalized spacial score (nSPS) is 10.6. The van der Waals surface area contributed by atoms with Gasteiger partial charge in [-0.15, -0.1) is 10.2 Å². The number of nitrogens with zero attached hydrogens (tertiary/aromatic N) is 2. The molecule has 1 heterocycles. The number of carbonyl (C=O) groups is 1. The summed E-state index contributed by atoms with van der Waals surface area (Å²) in [6.45, 7) is 4.93. The topological polar surface area (TPSA) is 73.3 Å². The molecule has 1 N–H and O–H groups in total. The second kappa shape index (κ2) is 9.68. The number of benzene rings is 2. The fourth-order valence-corrected chi connectivity index (χ4v) is 2.71. The maximum atomic E-state index is 12.3. The van der Waals surface area contributed by atoms with E-state index < -0.39 is 0 Å². The average Bonchev–Trinajstić information content (AvgIpc) is 2.74. The first-order chi connectivity index (χ1) is 14.0. The van der Waals surface area contributed by atoms with Crippen LogP contribution < -0.4 is 14.8 Å². The van der Waals surface area contributed by atoms with Gasteiger partial charge in [0, 0.05) is 29.8 Å². The third-order valence-corrected chi connectivity index (χ3v) is 4.33. The van der Waals surface area contributed by atoms with Crippen LogP contribution in [-0.2, 0) is 0 Å². The van der Waals surface area contributed by atoms with Crippen molar-refractivity contribution in [2.45, 2.75) is 20.3 Å². The zero-order valence-electron chi connectivity index (χ0n) is 16.9. The van der Waals surface area contributed by atoms with Crippen LogP contribution in [0.5, 0.6) is 17.4 Å². The minimum atomic E-state index is -0.0848. The van der Waals surface area contributed by atoms with Crippen LogP contribution in [0.15, 0.2) is 60.7 Å². The molecule has 0 bridgehead atoms. The van der Waals surface area contributed by atoms with Gasteiger partial charge in [0.2, 0.25) is 5.88 Å². The zero-order chi connectivity index (χ0) is 20.6. The Morgan fingerprint density at radius 2 is 1.79 bits per heavy atom. The number of methoxy groups -OCH3 is 1. The van der Waals surface area contributed by atoms with Crippen LogP contribution in [-0.4, -0.2) is 29.8 Å². The molecule has 0 unspecified atom stereocenters. The summed E-state index contributed by atoms with van der Waals surface area (Å²) < 4.78 is 10.9. The van der Waals surface area contributed by atoms with Crippen molar-refractivity contribution in [2.24, 2.45) is 5.92 Å². The molecular weight excluding hydrogens is 366 g/mol. The number of nitrogens with one attached hydrogen (secondary N) is 1. The lowest BCUT2D eigenvalue weighted by Crippen LogP contribution is -2.25. The van der Waals surface area contributed by atoms with Crippen LogP contribution in [0.3, 0.4) is 0 Å². The summed E-state index contributed by atoms with van der Waals surface area (Å²) in [6, 6.07) is 18.2. The maximum Gasteiger partial charge on any atom is 0.251 e. The van der Waals surface area contributed by atoms with Gasteiger partial charge in [-0.05, 0) is 42.7 Å². The second-order valence-corrected chi connectivity index (χ2v) is 7.06. The third-order valence-electron chi connectivity index (χ3n) is 4.33. The molecule has 0 spiro atoms. The number of hydrogen-bond donors (Lipinski definition) is 1. The highest BCUT2D eigenvalue weighted by molar-refractivity contribution is 5.95. The number of amides is 1. The van der Waals surface area contributed by atoms with Gasteiger partial charge in [0.15, 0.2) is 0 Å². The number of carbonyl (C=O) groups excluding carboxylic acids is 1. The van der Waals surface area contributed by atoms with E-state index in [1.165, 1.54) is 0 Å². The van der Waals surface area contributed by atoms with E-state index in [4.69, 9.17) is 9.47 Å². The smallest absolute Gasteiger partial charge is 0.251 e. The van der Waals surface area contributed by atoms with E-state index in [1.54, 1.807) is 25.3 Å². The first-order valence-electron chi connectivity index (χ1n) is 9.59. The van der Waals surface area contributed by atoms with E-state index in [0.29, 0.717) is 41.1 Å². The Hall–Kier alpha value is -3.41. The average molecular weight is 391 g/mol. The van der Waals surface area contributed by atoms with Gasteiger partial charge in [0.25, 0.3) is 5.91 Å². The molecule has 0 aliphatic rings. The lowest BCUT2D eigenvalue weighted by atomic mass is 10.1. The van der Waals surface area contributed by atoms with Gasteiger partial charge >= 0.3 is 0 Å². The molecule has 0 saturated heterocycles. The van der Waals surface area contributed by atoms with Gasteiger partial charge in [0.05, 0.1) is 12.8 Å². The molecule has 0 aliphatic carbocycles. The largest absolute Gasteiger partial charge is 0.497 e. The van der Waals surface area contributed by atoms with Crippen molar-refractivity contribution in [1.29, 1.82) is 0 Å². The van der Waals surface area contributed by atoms with Crippen LogP contribution in [0.4, 0.5) is 0 Å². The van der Waals surface area contributed by atoms with Gasteiger partial charge in [0.1, 0.15) is 11.5 Å². The zero-order valence-corrected chi connectivity index (χ0v) is 16.9. The Labute approximate surface area is 170 Å². The van der Waals surface area contributed by atoms with Crippen LogP contribution in [0.2, 0.25) is 0 Å². The number of aromatic nitrogens is 2. The van der Waals surface area contributed by atoms with E-state index in [1.807, 2.05) is 42.5 Å². The SMILES string of the molecule is COc1cccc(Oc2ccc(-c3cccc(C(=O)NCCC(C)C)c3)nn2)c1. The fraction of sp³-hybridized carbons (Fsp3) is 0.261. The van der Waals surface area contributed by atoms with E-state index >= 15 is 0 Å². The summed E-state index contributed by atoms with van der Waals surface area (Å²) in [5.41, 5.74) is 2.09. The van der Waals surface area contributed by atoms with Crippen molar-refractivity contribution >= 4 is 5.91 Å². The molecule has 29 heavy (non-hydrogen) atoms. The highest BCUT2D eigenvalue weighted by Gasteiger charge is 2.09. The van der Waals surface area contributed by atoms with Crippen molar-refractivity contribution < 1.29 is 14.3 Å². The van der Waals surface area contributed by atoms with Gasteiger partial charge < -0.3 is 14.8 Å². The molecule has 0 radical (unpaired) electrons. The molecule has 150 valence electrons. The monoisotopic (exact) mass is 391 g/mol. The number of ether oxygens (including phenoxy) is 2. The summed E-state index contributed by atoms with van der Waals surface area (Å²) in [6.07, 6.45) is 0.950. The summed E-state index contributed by atoms with van der Waals surface area (Å²) in [5, 5.41) is 11.3. The van der Waals surface area contributed by atoms with Crippen LogP contribution >= 0.6 is 0 Å². The quantitative estimate of drug-likeness (QED) is 0.601. The van der Waals surface area contributed by atoms with Crippen molar-refractivity contribution in [3.05, 3.63) is 66.2 Å². The van der Waals surface area contributed by atoms with Crippen LogP contribution in [0.25, 0.3) is 11.3 Å². The first kappa shape index (κ1) is 20.3. The Balaban J connectivity index is 1.68. The molecule has 1 amide bonds. The predicted molar refractivity (Wildman–Crippen MR) is 112 cm³/mol. The Bertz CT molecular complexity index is 956. The van der Waals surface area contributed by atoms with Gasteiger partial charge in [-0.2, -0.15) is 0 Å². The number of hydrogen-bond acceptors (Lipinski definition) is 5. The summed E-state index contributed by atoms with van der Waals surface area (Å²) in [4.78, 5) is 12.3. The molecule has 6 nitrogen and oxygen atoms in total. The standard InChI is InChI=1S/C23H25N3O3/c1-16(2)12-13-24-23(27)18-7-4-6-17(14-18)21-10-11-22(26-25-21)29-20-9-5-8-19(15-20)28-3/h4-11,14-16H,12-13H2,1-3H3,(H,24,27). The molecular formula is C23H25N3O3. The molecule has 3 rings (SSSR count). The van der Waals surface area contributed by atoms with E-state index in [2.05, 4.69) is 29.4 Å². The molecule has 1 aromatic heterocycles. The Morgan fingerprint density at radius 3 is 2.52 bits per heavy atom. The maximum absolute atomic E-state index is 12.3. The lowest BCUT2D eigenvalue weighted by molar-refractivity contribution is 0.0952. The summed E-state index contributed by atoms with van der Waals surface area (Å²) in [7, 11) is 1.60. The first-order valence-corrected chi connectivity index (χ1v) is 9.59. The molecule has 0 aliphatic heterocycles. The predicted octanol–water partition coefficient (Wildman–Crippen LogP) is 4.72. The van der Waals surface area contributed by atoms with Crippen molar-refractivity contribution in [1.82, 2.24) is 15.5 Å². The third kappa shape index (κ3) is 5.78. The van der Waals surface area contributed by atoms with Crippen molar-refractivity contribution in [2.75, 3.05) is 13.7 Å². The van der Waals surface area contributed by atoms with Gasteiger partial charge in [-0.25, -0.2) is 0 Å². The van der Waals surface area contributed by atoms with Gasteiger partial charge in [-0.3, -0.25) is 4.79 Å².